The van der Waals surface area contributed by atoms with Gasteiger partial charge in [0.05, 0.1) is 5.69 Å². The number of nitrogens with zero attached hydrogens (tertiary/aromatic N) is 1. The molecule has 1 unspecified atom stereocenters. The molecule has 0 aliphatic heterocycles. The molecular formula is C12H19ClN2. The number of aryl methyl sites for hydroxylation is 1. The van der Waals surface area contributed by atoms with Crippen molar-refractivity contribution in [3.05, 3.63) is 29.6 Å². The minimum atomic E-state index is 0. The first-order valence-electron chi connectivity index (χ1n) is 5.46. The Balaban J connectivity index is 0.00000112. The third kappa shape index (κ3) is 2.93. The number of hydrogen-bond donors (Lipinski definition) is 1. The van der Waals surface area contributed by atoms with E-state index in [-0.39, 0.29) is 18.4 Å². The van der Waals surface area contributed by atoms with Crippen LogP contribution in [0, 0.1) is 12.8 Å². The van der Waals surface area contributed by atoms with Crippen LogP contribution in [0.1, 0.15) is 43.1 Å². The van der Waals surface area contributed by atoms with Gasteiger partial charge in [-0.05, 0) is 37.8 Å². The first-order chi connectivity index (χ1) is 6.77. The number of nitrogens with two attached hydrogens (primary N) is 1. The molecule has 1 aromatic heterocycles. The third-order valence-corrected chi connectivity index (χ3v) is 3.16. The number of aromatic nitrogens is 1. The third-order valence-electron chi connectivity index (χ3n) is 3.16. The lowest BCUT2D eigenvalue weighted by atomic mass is 9.96. The molecule has 1 aliphatic rings. The van der Waals surface area contributed by atoms with Gasteiger partial charge in [0.1, 0.15) is 0 Å². The average Bonchev–Trinajstić information content (AvgIpc) is 2.69. The largest absolute Gasteiger partial charge is 0.322 e. The topological polar surface area (TPSA) is 38.9 Å². The molecule has 84 valence electrons. The second-order valence-corrected chi connectivity index (χ2v) is 4.27. The fourth-order valence-electron chi connectivity index (χ4n) is 2.31. The van der Waals surface area contributed by atoms with E-state index in [0.29, 0.717) is 5.92 Å². The molecule has 2 rings (SSSR count). The van der Waals surface area contributed by atoms with Gasteiger partial charge < -0.3 is 5.73 Å². The van der Waals surface area contributed by atoms with E-state index in [1.54, 1.807) is 0 Å². The van der Waals surface area contributed by atoms with Gasteiger partial charge in [-0.2, -0.15) is 0 Å². The Morgan fingerprint density at radius 1 is 1.33 bits per heavy atom. The molecule has 1 heterocycles. The van der Waals surface area contributed by atoms with E-state index < -0.39 is 0 Å². The molecule has 0 aromatic carbocycles. The van der Waals surface area contributed by atoms with E-state index in [2.05, 4.69) is 11.1 Å². The molecule has 0 saturated heterocycles. The highest BCUT2D eigenvalue weighted by Crippen LogP contribution is 2.33. The molecular weight excluding hydrogens is 208 g/mol. The Morgan fingerprint density at radius 3 is 2.60 bits per heavy atom. The maximum atomic E-state index is 6.21. The van der Waals surface area contributed by atoms with Crippen molar-refractivity contribution in [2.45, 2.75) is 38.6 Å². The molecule has 2 nitrogen and oxygen atoms in total. The van der Waals surface area contributed by atoms with Gasteiger partial charge >= 0.3 is 0 Å². The quantitative estimate of drug-likeness (QED) is 0.842. The molecule has 3 heteroatoms. The molecule has 1 atom stereocenters. The van der Waals surface area contributed by atoms with Crippen LogP contribution in [0.4, 0.5) is 0 Å². The zero-order chi connectivity index (χ0) is 9.97. The van der Waals surface area contributed by atoms with Crippen molar-refractivity contribution in [3.63, 3.8) is 0 Å². The monoisotopic (exact) mass is 226 g/mol. The fourth-order valence-corrected chi connectivity index (χ4v) is 2.31. The lowest BCUT2D eigenvalue weighted by Crippen LogP contribution is -2.20. The summed E-state index contributed by atoms with van der Waals surface area (Å²) in [6.45, 7) is 2.02. The summed E-state index contributed by atoms with van der Waals surface area (Å²) in [6.07, 6.45) is 5.22. The highest BCUT2D eigenvalue weighted by atomic mass is 35.5. The van der Waals surface area contributed by atoms with Crippen LogP contribution in [0.5, 0.6) is 0 Å². The van der Waals surface area contributed by atoms with Crippen molar-refractivity contribution in [1.82, 2.24) is 4.98 Å². The van der Waals surface area contributed by atoms with Crippen LogP contribution < -0.4 is 5.73 Å². The Kier molecular flexibility index (Phi) is 4.55. The number of hydrogen-bond acceptors (Lipinski definition) is 2. The summed E-state index contributed by atoms with van der Waals surface area (Å²) in [5.74, 6) is 0.657. The summed E-state index contributed by atoms with van der Waals surface area (Å²) in [5, 5.41) is 0. The van der Waals surface area contributed by atoms with Crippen molar-refractivity contribution in [2.24, 2.45) is 11.7 Å². The first kappa shape index (κ1) is 12.5. The van der Waals surface area contributed by atoms with Crippen molar-refractivity contribution in [1.29, 1.82) is 0 Å². The van der Waals surface area contributed by atoms with Gasteiger partial charge in [0.15, 0.2) is 0 Å². The summed E-state index contributed by atoms with van der Waals surface area (Å²) < 4.78 is 0. The number of halogens is 1. The van der Waals surface area contributed by atoms with Crippen LogP contribution in [0.3, 0.4) is 0 Å². The van der Waals surface area contributed by atoms with Crippen LogP contribution in [-0.4, -0.2) is 4.98 Å². The Bertz CT molecular complexity index is 308. The molecule has 0 radical (unpaired) electrons. The Hall–Kier alpha value is -0.600. The molecule has 15 heavy (non-hydrogen) atoms. The molecule has 1 fully saturated rings. The predicted molar refractivity (Wildman–Crippen MR) is 65.1 cm³/mol. The molecule has 1 aliphatic carbocycles. The van der Waals surface area contributed by atoms with Gasteiger partial charge in [0.2, 0.25) is 0 Å². The predicted octanol–water partition coefficient (Wildman–Crippen LogP) is 3.00. The van der Waals surface area contributed by atoms with E-state index in [4.69, 9.17) is 5.73 Å². The van der Waals surface area contributed by atoms with Crippen molar-refractivity contribution in [2.75, 3.05) is 0 Å². The molecule has 0 amide bonds. The van der Waals surface area contributed by atoms with Crippen LogP contribution in [-0.2, 0) is 0 Å². The van der Waals surface area contributed by atoms with Crippen LogP contribution in [0.25, 0.3) is 0 Å². The normalized spacial score (nSPS) is 18.5. The maximum absolute atomic E-state index is 6.21. The minimum Gasteiger partial charge on any atom is -0.322 e. The summed E-state index contributed by atoms with van der Waals surface area (Å²) >= 11 is 0. The standard InChI is InChI=1S/C12H18N2.ClH/c1-9-5-4-8-11(14-9)12(13)10-6-2-3-7-10;/h4-5,8,10,12H,2-3,6-7,13H2,1H3;1H. The van der Waals surface area contributed by atoms with Crippen molar-refractivity contribution >= 4 is 12.4 Å². The van der Waals surface area contributed by atoms with Crippen LogP contribution in [0.15, 0.2) is 18.2 Å². The van der Waals surface area contributed by atoms with Crippen LogP contribution in [0.2, 0.25) is 0 Å². The van der Waals surface area contributed by atoms with E-state index in [1.165, 1.54) is 25.7 Å². The van der Waals surface area contributed by atoms with Crippen LogP contribution >= 0.6 is 12.4 Å². The summed E-state index contributed by atoms with van der Waals surface area (Å²) in [6, 6.07) is 6.27. The molecule has 0 bridgehead atoms. The van der Waals surface area contributed by atoms with E-state index in [1.807, 2.05) is 19.1 Å². The average molecular weight is 227 g/mol. The van der Waals surface area contributed by atoms with E-state index >= 15 is 0 Å². The maximum Gasteiger partial charge on any atom is 0.0577 e. The second-order valence-electron chi connectivity index (χ2n) is 4.27. The number of pyridine rings is 1. The van der Waals surface area contributed by atoms with Gasteiger partial charge in [-0.1, -0.05) is 18.9 Å². The zero-order valence-electron chi connectivity index (χ0n) is 9.15. The minimum absolute atomic E-state index is 0. The lowest BCUT2D eigenvalue weighted by Gasteiger charge is -2.18. The van der Waals surface area contributed by atoms with E-state index in [9.17, 15) is 0 Å². The Morgan fingerprint density at radius 2 is 2.00 bits per heavy atom. The molecule has 2 N–H and O–H groups in total. The zero-order valence-corrected chi connectivity index (χ0v) is 9.96. The van der Waals surface area contributed by atoms with Gasteiger partial charge in [-0.25, -0.2) is 0 Å². The SMILES string of the molecule is Cc1cccc(C(N)C2CCCC2)n1.Cl. The molecule has 1 saturated carbocycles. The van der Waals surface area contributed by atoms with Crippen molar-refractivity contribution < 1.29 is 0 Å². The summed E-state index contributed by atoms with van der Waals surface area (Å²) in [4.78, 5) is 4.49. The van der Waals surface area contributed by atoms with Gasteiger partial charge in [0, 0.05) is 11.7 Å². The molecule has 1 aromatic rings. The fraction of sp³-hybridized carbons (Fsp3) is 0.583. The Labute approximate surface area is 97.7 Å². The van der Waals surface area contributed by atoms with Crippen molar-refractivity contribution in [3.8, 4) is 0 Å². The highest BCUT2D eigenvalue weighted by molar-refractivity contribution is 5.85. The van der Waals surface area contributed by atoms with Gasteiger partial charge in [0.25, 0.3) is 0 Å². The number of rotatable bonds is 2. The molecule has 0 spiro atoms. The smallest absolute Gasteiger partial charge is 0.0577 e. The summed E-state index contributed by atoms with van der Waals surface area (Å²) in [7, 11) is 0. The highest BCUT2D eigenvalue weighted by Gasteiger charge is 2.23. The van der Waals surface area contributed by atoms with E-state index in [0.717, 1.165) is 11.4 Å². The van der Waals surface area contributed by atoms with Gasteiger partial charge in [-0.3, -0.25) is 4.98 Å². The van der Waals surface area contributed by atoms with Gasteiger partial charge in [-0.15, -0.1) is 12.4 Å². The second kappa shape index (κ2) is 5.47. The summed E-state index contributed by atoms with van der Waals surface area (Å²) in [5.41, 5.74) is 8.34. The lowest BCUT2D eigenvalue weighted by molar-refractivity contribution is 0.436. The first-order valence-corrected chi connectivity index (χ1v) is 5.46.